The predicted octanol–water partition coefficient (Wildman–Crippen LogP) is -0.353. The Labute approximate surface area is 65.0 Å². The van der Waals surface area contributed by atoms with Crippen LogP contribution in [0.2, 0.25) is 0 Å². The Morgan fingerprint density at radius 3 is 1.67 bits per heavy atom. The van der Waals surface area contributed by atoms with Gasteiger partial charge in [-0.25, -0.2) is 0 Å². The summed E-state index contributed by atoms with van der Waals surface area (Å²) < 4.78 is 0. The summed E-state index contributed by atoms with van der Waals surface area (Å²) in [6, 6.07) is 0. The normalized spacial score (nSPS) is 4.00. The molecule has 1 radical (unpaired) electrons. The Morgan fingerprint density at radius 1 is 1.67 bits per heavy atom. The van der Waals surface area contributed by atoms with Gasteiger partial charge < -0.3 is 5.21 Å². The van der Waals surface area contributed by atoms with E-state index in [2.05, 4.69) is 0 Å². The third-order valence-electron chi connectivity index (χ3n) is 0. The Morgan fingerprint density at radius 2 is 1.67 bits per heavy atom. The van der Waals surface area contributed by atoms with E-state index < -0.39 is 5.09 Å². The van der Waals surface area contributed by atoms with E-state index in [1.165, 1.54) is 0 Å². The van der Waals surface area contributed by atoms with Gasteiger partial charge in [-0.05, 0) is 0 Å². The molecule has 6 heteroatoms. The molecule has 0 bridgehead atoms. The van der Waals surface area contributed by atoms with Crippen LogP contribution in [-0.4, -0.2) is 10.3 Å². The molecule has 0 heterocycles. The van der Waals surface area contributed by atoms with Crippen LogP contribution >= 0.6 is 0 Å². The fourth-order valence-electron chi connectivity index (χ4n) is 0. The molecule has 0 aromatic rings. The van der Waals surface area contributed by atoms with E-state index in [0.717, 1.165) is 0 Å². The van der Waals surface area contributed by atoms with Crippen molar-refractivity contribution in [1.82, 2.24) is 0 Å². The predicted molar refractivity (Wildman–Crippen MR) is 8.78 cm³/mol. The second-order valence-corrected chi connectivity index (χ2v) is 0.238. The average Bonchev–Trinajstić information content (AvgIpc) is 0.811. The van der Waals surface area contributed by atoms with E-state index in [1.807, 2.05) is 0 Å². The van der Waals surface area contributed by atoms with Crippen molar-refractivity contribution >= 4 is 0 Å². The summed E-state index contributed by atoms with van der Waals surface area (Å²) in [6.45, 7) is 0. The van der Waals surface area contributed by atoms with E-state index in [9.17, 15) is 0 Å². The van der Waals surface area contributed by atoms with Crippen LogP contribution < -0.4 is 0 Å². The standard InChI is InChI=1S/Cu.Hg.HNO3/c;;2-1(3)4/h;;(H,2,3,4). The van der Waals surface area contributed by atoms with E-state index in [-0.39, 0.29) is 44.7 Å². The molecular formula is HCuHgNO3. The average molecular weight is 327 g/mol. The Bertz CT molecular complexity index is 33.8. The largest absolute Gasteiger partial charge is 0.328 e. The fraction of sp³-hybridized carbons (Fsp3) is 0. The van der Waals surface area contributed by atoms with Gasteiger partial charge in [0.05, 0.1) is 0 Å². The topological polar surface area (TPSA) is 63.4 Å². The van der Waals surface area contributed by atoms with Crippen molar-refractivity contribution in [3.05, 3.63) is 10.1 Å². The zero-order valence-electron chi connectivity index (χ0n) is 2.72. The molecule has 0 rings (SSSR count). The second-order valence-electron chi connectivity index (χ2n) is 0.238. The monoisotopic (exact) mass is 328 g/mol. The minimum atomic E-state index is -1.50. The van der Waals surface area contributed by atoms with Crippen LogP contribution in [0.4, 0.5) is 0 Å². The van der Waals surface area contributed by atoms with Crippen LogP contribution in [0.3, 0.4) is 0 Å². The summed E-state index contributed by atoms with van der Waals surface area (Å²) in [4.78, 5) is 8.36. The molecule has 0 unspecified atom stereocenters. The molecule has 4 nitrogen and oxygen atoms in total. The van der Waals surface area contributed by atoms with Gasteiger partial charge in [0.15, 0.2) is 0 Å². The minimum Gasteiger partial charge on any atom is -0.328 e. The van der Waals surface area contributed by atoms with Crippen molar-refractivity contribution in [3.8, 4) is 0 Å². The van der Waals surface area contributed by atoms with Gasteiger partial charge in [-0.15, -0.1) is 10.1 Å². The van der Waals surface area contributed by atoms with Gasteiger partial charge >= 0.3 is 0 Å². The van der Waals surface area contributed by atoms with Gasteiger partial charge in [0, 0.05) is 44.7 Å². The van der Waals surface area contributed by atoms with Crippen LogP contribution in [0.25, 0.3) is 0 Å². The first-order valence-corrected chi connectivity index (χ1v) is 0.565. The summed E-state index contributed by atoms with van der Waals surface area (Å²) in [6.07, 6.45) is 0. The van der Waals surface area contributed by atoms with Crippen molar-refractivity contribution in [1.29, 1.82) is 0 Å². The fourth-order valence-corrected chi connectivity index (χ4v) is 0. The zero-order chi connectivity index (χ0) is 3.58. The zero-order valence-corrected chi connectivity index (χ0v) is 9.16. The maximum Gasteiger partial charge on any atom is 0.291 e. The van der Waals surface area contributed by atoms with Gasteiger partial charge in [0.2, 0.25) is 0 Å². The molecule has 0 amide bonds. The van der Waals surface area contributed by atoms with Crippen LogP contribution in [0.5, 0.6) is 0 Å². The van der Waals surface area contributed by atoms with Gasteiger partial charge in [-0.1, -0.05) is 0 Å². The maximum atomic E-state index is 8.36. The van der Waals surface area contributed by atoms with Crippen molar-refractivity contribution in [2.75, 3.05) is 0 Å². The molecule has 0 fully saturated rings. The SMILES string of the molecule is O=[N+]([O-])O.[Cu].[Hg]. The van der Waals surface area contributed by atoms with E-state index in [1.54, 1.807) is 0 Å². The summed E-state index contributed by atoms with van der Waals surface area (Å²) in [5.74, 6) is 0. The second kappa shape index (κ2) is 9.17. The first-order valence-electron chi connectivity index (χ1n) is 0.565. The molecule has 0 aliphatic rings. The summed E-state index contributed by atoms with van der Waals surface area (Å²) in [5.41, 5.74) is 0. The van der Waals surface area contributed by atoms with E-state index in [4.69, 9.17) is 15.3 Å². The number of hydrogen-bond acceptors (Lipinski definition) is 2. The Kier molecular flexibility index (Phi) is 24.4. The van der Waals surface area contributed by atoms with Gasteiger partial charge in [-0.3, -0.25) is 0 Å². The molecule has 1 N–H and O–H groups in total. The number of rotatable bonds is 0. The molecule has 6 heavy (non-hydrogen) atoms. The van der Waals surface area contributed by atoms with Crippen LogP contribution in [0, 0.1) is 10.1 Å². The maximum absolute atomic E-state index is 8.36. The van der Waals surface area contributed by atoms with Gasteiger partial charge in [0.1, 0.15) is 0 Å². The summed E-state index contributed by atoms with van der Waals surface area (Å²) >= 11 is 0. The molecular weight excluding hydrogens is 326 g/mol. The molecule has 37 valence electrons. The molecule has 0 atom stereocenters. The molecule has 0 saturated carbocycles. The minimum absolute atomic E-state index is 0. The van der Waals surface area contributed by atoms with Crippen molar-refractivity contribution in [2.45, 2.75) is 0 Å². The molecule has 0 spiro atoms. The van der Waals surface area contributed by atoms with Crippen molar-refractivity contribution in [2.24, 2.45) is 0 Å². The summed E-state index contributed by atoms with van der Waals surface area (Å²) in [7, 11) is 0. The molecule has 0 aliphatic heterocycles. The van der Waals surface area contributed by atoms with Gasteiger partial charge in [-0.2, -0.15) is 0 Å². The smallest absolute Gasteiger partial charge is 0.291 e. The molecule has 0 saturated heterocycles. The Balaban J connectivity index is -0.0000000450. The van der Waals surface area contributed by atoms with Crippen molar-refractivity contribution in [3.63, 3.8) is 0 Å². The third kappa shape index (κ3) is 145. The summed E-state index contributed by atoms with van der Waals surface area (Å²) in [5, 5.41) is 13.6. The van der Waals surface area contributed by atoms with Crippen LogP contribution in [0.15, 0.2) is 0 Å². The van der Waals surface area contributed by atoms with Crippen molar-refractivity contribution < 1.29 is 55.0 Å². The molecule has 0 aliphatic carbocycles. The third-order valence-corrected chi connectivity index (χ3v) is 0. The molecule has 0 aromatic heterocycles. The number of hydrogen-bond donors (Lipinski definition) is 1. The van der Waals surface area contributed by atoms with E-state index >= 15 is 0 Å². The van der Waals surface area contributed by atoms with Crippen LogP contribution in [0.1, 0.15) is 0 Å². The van der Waals surface area contributed by atoms with Gasteiger partial charge in [0.25, 0.3) is 5.09 Å². The number of nitrogens with zero attached hydrogens (tertiary/aromatic N) is 1. The van der Waals surface area contributed by atoms with E-state index in [0.29, 0.717) is 0 Å². The first-order chi connectivity index (χ1) is 1.73. The van der Waals surface area contributed by atoms with Crippen LogP contribution in [-0.2, 0) is 44.7 Å². The Hall–Kier alpha value is 0.655. The first kappa shape index (κ1) is 15.9. The molecule has 0 aromatic carbocycles. The quantitative estimate of drug-likeness (QED) is 0.376.